The van der Waals surface area contributed by atoms with Gasteiger partial charge in [-0.25, -0.2) is 4.79 Å². The molecule has 0 bridgehead atoms. The molecule has 0 aromatic carbocycles. The molecular weight excluding hydrogens is 184 g/mol. The number of carboxylic acids is 1. The Kier molecular flexibility index (Phi) is 8.52. The minimum atomic E-state index is -5.08. The van der Waals surface area contributed by atoms with Crippen molar-refractivity contribution in [1.82, 2.24) is 0 Å². The third kappa shape index (κ3) is 9.73. The molecule has 0 aromatic rings. The van der Waals surface area contributed by atoms with Crippen molar-refractivity contribution in [3.63, 3.8) is 0 Å². The van der Waals surface area contributed by atoms with Gasteiger partial charge >= 0.3 is 31.0 Å². The van der Waals surface area contributed by atoms with Crippen LogP contribution in [-0.4, -0.2) is 30.5 Å². The fourth-order valence-electron chi connectivity index (χ4n) is 0.510. The fraction of sp³-hybridized carbons (Fsp3) is 0.833. The van der Waals surface area contributed by atoms with E-state index in [0.717, 1.165) is 13.2 Å². The van der Waals surface area contributed by atoms with Gasteiger partial charge in [-0.15, -0.1) is 0 Å². The van der Waals surface area contributed by atoms with Gasteiger partial charge in [-0.2, -0.15) is 13.2 Å². The van der Waals surface area contributed by atoms with E-state index in [0.29, 0.717) is 0 Å². The van der Waals surface area contributed by atoms with Crippen LogP contribution in [0.5, 0.6) is 0 Å². The van der Waals surface area contributed by atoms with Crippen molar-refractivity contribution in [2.45, 2.75) is 19.0 Å². The van der Waals surface area contributed by atoms with Crippen LogP contribution in [0.2, 0.25) is 0 Å². The summed E-state index contributed by atoms with van der Waals surface area (Å²) in [6, 6.07) is 0. The van der Waals surface area contributed by atoms with E-state index in [1.54, 1.807) is 0 Å². The zero-order chi connectivity index (χ0) is 9.61. The van der Waals surface area contributed by atoms with Crippen LogP contribution < -0.4 is 18.9 Å². The maximum atomic E-state index is 10.6. The summed E-state index contributed by atoms with van der Waals surface area (Å²) in [4.78, 5) is 8.90. The molecule has 1 saturated heterocycles. The summed E-state index contributed by atoms with van der Waals surface area (Å²) in [7, 11) is 0. The first-order valence-electron chi connectivity index (χ1n) is 3.32. The number of carboxylic acid groups (broad SMARTS) is 1. The van der Waals surface area contributed by atoms with Crippen LogP contribution >= 0.6 is 0 Å². The van der Waals surface area contributed by atoms with Gasteiger partial charge in [0.1, 0.15) is 0 Å². The first kappa shape index (κ1) is 15.3. The number of hydrogen-bond acceptors (Lipinski definition) is 2. The Morgan fingerprint density at radius 3 is 1.69 bits per heavy atom. The molecule has 1 fully saturated rings. The van der Waals surface area contributed by atoms with E-state index >= 15 is 0 Å². The topological polar surface area (TPSA) is 46.5 Å². The monoisotopic (exact) mass is 194 g/mol. The van der Waals surface area contributed by atoms with Gasteiger partial charge in [-0.1, -0.05) is 0 Å². The van der Waals surface area contributed by atoms with Gasteiger partial charge in [0.2, 0.25) is 0 Å². The summed E-state index contributed by atoms with van der Waals surface area (Å²) >= 11 is 0. The molecule has 1 rings (SSSR count). The van der Waals surface area contributed by atoms with Crippen molar-refractivity contribution in [1.29, 1.82) is 0 Å². The van der Waals surface area contributed by atoms with E-state index < -0.39 is 12.1 Å². The molecule has 0 aliphatic carbocycles. The van der Waals surface area contributed by atoms with E-state index in [1.807, 2.05) is 0 Å². The smallest absolute Gasteiger partial charge is 1.00 e. The molecule has 3 nitrogen and oxygen atoms in total. The van der Waals surface area contributed by atoms with Gasteiger partial charge in [0.25, 0.3) is 0 Å². The van der Waals surface area contributed by atoms with Gasteiger partial charge in [-0.05, 0) is 12.8 Å². The maximum absolute atomic E-state index is 10.6. The maximum Gasteiger partial charge on any atom is 1.00 e. The summed E-state index contributed by atoms with van der Waals surface area (Å²) in [6.07, 6.45) is -2.53. The second kappa shape index (κ2) is 7.24. The third-order valence-corrected chi connectivity index (χ3v) is 1.07. The SMILES string of the molecule is C1CCOC1.O=C(O)C(F)(F)F.[H-].[Li+]. The molecule has 74 valence electrons. The van der Waals surface area contributed by atoms with E-state index in [2.05, 4.69) is 0 Å². The number of halogens is 3. The van der Waals surface area contributed by atoms with Crippen molar-refractivity contribution in [2.75, 3.05) is 13.2 Å². The Bertz CT molecular complexity index is 142. The molecule has 0 spiro atoms. The van der Waals surface area contributed by atoms with Crippen LogP contribution in [0, 0.1) is 0 Å². The Morgan fingerprint density at radius 1 is 1.31 bits per heavy atom. The zero-order valence-corrected chi connectivity index (χ0v) is 7.23. The van der Waals surface area contributed by atoms with Gasteiger partial charge in [0.15, 0.2) is 0 Å². The molecule has 0 radical (unpaired) electrons. The van der Waals surface area contributed by atoms with Crippen molar-refractivity contribution in [3.05, 3.63) is 0 Å². The van der Waals surface area contributed by atoms with E-state index in [9.17, 15) is 13.2 Å². The van der Waals surface area contributed by atoms with Gasteiger partial charge in [0, 0.05) is 13.2 Å². The van der Waals surface area contributed by atoms with E-state index in [-0.39, 0.29) is 20.3 Å². The molecule has 0 aromatic heterocycles. The van der Waals surface area contributed by atoms with Crippen molar-refractivity contribution in [2.24, 2.45) is 0 Å². The predicted molar refractivity (Wildman–Crippen MR) is 34.9 cm³/mol. The second-order valence-electron chi connectivity index (χ2n) is 2.12. The number of ether oxygens (including phenoxy) is 1. The molecule has 1 aliphatic heterocycles. The first-order valence-corrected chi connectivity index (χ1v) is 3.32. The first-order chi connectivity index (χ1) is 5.44. The zero-order valence-electron chi connectivity index (χ0n) is 8.23. The quantitative estimate of drug-likeness (QED) is 0.480. The third-order valence-electron chi connectivity index (χ3n) is 1.07. The number of alkyl halides is 3. The van der Waals surface area contributed by atoms with E-state index in [1.165, 1.54) is 12.8 Å². The van der Waals surface area contributed by atoms with Gasteiger partial charge < -0.3 is 11.3 Å². The van der Waals surface area contributed by atoms with Crippen molar-refractivity contribution >= 4 is 5.97 Å². The van der Waals surface area contributed by atoms with Crippen molar-refractivity contribution < 1.29 is 48.1 Å². The van der Waals surface area contributed by atoms with Crippen LogP contribution in [-0.2, 0) is 9.53 Å². The summed E-state index contributed by atoms with van der Waals surface area (Å²) in [5.74, 6) is -2.76. The average Bonchev–Trinajstić information content (AvgIpc) is 2.39. The minimum absolute atomic E-state index is 0. The molecule has 0 atom stereocenters. The van der Waals surface area contributed by atoms with Crippen LogP contribution in [0.1, 0.15) is 14.3 Å². The Morgan fingerprint density at radius 2 is 1.62 bits per heavy atom. The summed E-state index contributed by atoms with van der Waals surface area (Å²) in [5.41, 5.74) is 0. The van der Waals surface area contributed by atoms with Crippen LogP contribution in [0.4, 0.5) is 13.2 Å². The largest absolute Gasteiger partial charge is 1.00 e. The number of rotatable bonds is 0. The molecule has 0 amide bonds. The average molecular weight is 194 g/mol. The molecule has 1 aliphatic rings. The molecule has 13 heavy (non-hydrogen) atoms. The molecule has 1 N–H and O–H groups in total. The number of carbonyl (C=O) groups is 1. The molecule has 0 saturated carbocycles. The van der Waals surface area contributed by atoms with Gasteiger partial charge in [0.05, 0.1) is 0 Å². The predicted octanol–water partition coefficient (Wildman–Crippen LogP) is -1.45. The Hall–Kier alpha value is -0.183. The normalized spacial score (nSPS) is 15.3. The Balaban J connectivity index is -0.000000155. The summed E-state index contributed by atoms with van der Waals surface area (Å²) in [5, 5.41) is 7.12. The number of hydrogen-bond donors (Lipinski definition) is 1. The number of aliphatic carboxylic acids is 1. The van der Waals surface area contributed by atoms with Crippen LogP contribution in [0.25, 0.3) is 0 Å². The molecule has 1 heterocycles. The second-order valence-corrected chi connectivity index (χ2v) is 2.12. The van der Waals surface area contributed by atoms with Crippen molar-refractivity contribution in [3.8, 4) is 0 Å². The summed E-state index contributed by atoms with van der Waals surface area (Å²) in [6.45, 7) is 2.00. The minimum Gasteiger partial charge on any atom is -1.00 e. The van der Waals surface area contributed by atoms with Crippen LogP contribution in [0.3, 0.4) is 0 Å². The molecule has 7 heteroatoms. The van der Waals surface area contributed by atoms with E-state index in [4.69, 9.17) is 14.6 Å². The fourth-order valence-corrected chi connectivity index (χ4v) is 0.510. The Labute approximate surface area is 86.9 Å². The molecule has 0 unspecified atom stereocenters. The molecular formula is C6H10F3LiO3. The summed E-state index contributed by atoms with van der Waals surface area (Å²) < 4.78 is 36.7. The van der Waals surface area contributed by atoms with Gasteiger partial charge in [-0.3, -0.25) is 0 Å². The standard InChI is InChI=1S/C4H8O.C2HF3O2.Li.H/c1-2-4-5-3-1;3-2(4,5)1(6)7;;/h1-4H2;(H,6,7);;/q;;+1;-1. The van der Waals surface area contributed by atoms with Crippen LogP contribution in [0.15, 0.2) is 0 Å².